The van der Waals surface area contributed by atoms with E-state index >= 15 is 0 Å². The molecule has 2 aromatic rings. The summed E-state index contributed by atoms with van der Waals surface area (Å²) >= 11 is 5.69. The summed E-state index contributed by atoms with van der Waals surface area (Å²) in [6.07, 6.45) is 3.02. The van der Waals surface area contributed by atoms with Crippen molar-refractivity contribution in [1.82, 2.24) is 9.97 Å². The zero-order chi connectivity index (χ0) is 11.5. The fourth-order valence-corrected chi connectivity index (χ4v) is 1.34. The van der Waals surface area contributed by atoms with Crippen LogP contribution in [0.5, 0.6) is 0 Å². The van der Waals surface area contributed by atoms with Crippen LogP contribution in [0.15, 0.2) is 30.6 Å². The maximum atomic E-state index is 11.7. The van der Waals surface area contributed by atoms with Crippen LogP contribution in [-0.4, -0.2) is 15.9 Å². The molecule has 0 saturated carbocycles. The van der Waals surface area contributed by atoms with Crippen LogP contribution in [0.4, 0.5) is 11.5 Å². The molecule has 0 radical (unpaired) electrons. The number of hydrogen-bond donors (Lipinski definition) is 3. The third-order valence-electron chi connectivity index (χ3n) is 1.94. The van der Waals surface area contributed by atoms with Gasteiger partial charge in [-0.1, -0.05) is 11.6 Å². The Bertz CT molecular complexity index is 506. The Morgan fingerprint density at radius 2 is 2.31 bits per heavy atom. The van der Waals surface area contributed by atoms with E-state index < -0.39 is 0 Å². The highest BCUT2D eigenvalue weighted by atomic mass is 35.5. The number of halogens is 1. The number of rotatable bonds is 2. The standard InChI is InChI=1S/C10H9ClN4O/c11-6-3-8(13-4-6)10(16)15-7-1-2-9(12)14-5-7/h1-5,13H,(H2,12,14)(H,15,16). The van der Waals surface area contributed by atoms with Crippen molar-refractivity contribution in [2.75, 3.05) is 11.1 Å². The van der Waals surface area contributed by atoms with Crippen molar-refractivity contribution in [2.24, 2.45) is 0 Å². The van der Waals surface area contributed by atoms with Gasteiger partial charge in [0, 0.05) is 6.20 Å². The van der Waals surface area contributed by atoms with Crippen molar-refractivity contribution in [2.45, 2.75) is 0 Å². The van der Waals surface area contributed by atoms with E-state index in [9.17, 15) is 4.79 Å². The second-order valence-electron chi connectivity index (χ2n) is 3.16. The normalized spacial score (nSPS) is 10.1. The summed E-state index contributed by atoms with van der Waals surface area (Å²) in [6.45, 7) is 0. The highest BCUT2D eigenvalue weighted by molar-refractivity contribution is 6.31. The molecule has 0 fully saturated rings. The topological polar surface area (TPSA) is 83.8 Å². The van der Waals surface area contributed by atoms with Gasteiger partial charge in [0.05, 0.1) is 16.9 Å². The molecule has 82 valence electrons. The number of anilines is 2. The zero-order valence-corrected chi connectivity index (χ0v) is 8.95. The maximum Gasteiger partial charge on any atom is 0.272 e. The maximum absolute atomic E-state index is 11.7. The minimum Gasteiger partial charge on any atom is -0.384 e. The predicted molar refractivity (Wildman–Crippen MR) is 62.4 cm³/mol. The predicted octanol–water partition coefficient (Wildman–Crippen LogP) is 1.90. The van der Waals surface area contributed by atoms with Crippen molar-refractivity contribution in [3.8, 4) is 0 Å². The number of amides is 1. The summed E-state index contributed by atoms with van der Waals surface area (Å²) < 4.78 is 0. The smallest absolute Gasteiger partial charge is 0.272 e. The number of nitrogen functional groups attached to an aromatic ring is 1. The van der Waals surface area contributed by atoms with Gasteiger partial charge in [-0.05, 0) is 18.2 Å². The quantitative estimate of drug-likeness (QED) is 0.745. The van der Waals surface area contributed by atoms with Gasteiger partial charge in [-0.2, -0.15) is 0 Å². The van der Waals surface area contributed by atoms with Gasteiger partial charge in [-0.25, -0.2) is 4.98 Å². The van der Waals surface area contributed by atoms with Crippen molar-refractivity contribution < 1.29 is 4.79 Å². The van der Waals surface area contributed by atoms with Crippen LogP contribution >= 0.6 is 11.6 Å². The van der Waals surface area contributed by atoms with E-state index in [2.05, 4.69) is 15.3 Å². The van der Waals surface area contributed by atoms with Gasteiger partial charge in [-0.3, -0.25) is 4.79 Å². The SMILES string of the molecule is Nc1ccc(NC(=O)c2cc(Cl)c[nH]2)cn1. The summed E-state index contributed by atoms with van der Waals surface area (Å²) in [4.78, 5) is 18.3. The molecule has 0 bridgehead atoms. The Balaban J connectivity index is 2.10. The van der Waals surface area contributed by atoms with Gasteiger partial charge in [-0.15, -0.1) is 0 Å². The third-order valence-corrected chi connectivity index (χ3v) is 2.15. The lowest BCUT2D eigenvalue weighted by molar-refractivity contribution is 0.102. The molecule has 2 heterocycles. The van der Waals surface area contributed by atoms with E-state index in [1.54, 1.807) is 18.2 Å². The Hall–Kier alpha value is -2.01. The lowest BCUT2D eigenvalue weighted by atomic mass is 10.3. The molecular weight excluding hydrogens is 228 g/mol. The van der Waals surface area contributed by atoms with Crippen molar-refractivity contribution in [3.63, 3.8) is 0 Å². The fraction of sp³-hybridized carbons (Fsp3) is 0. The number of carbonyl (C=O) groups is 1. The van der Waals surface area contributed by atoms with E-state index in [4.69, 9.17) is 17.3 Å². The average molecular weight is 237 g/mol. The number of carbonyl (C=O) groups excluding carboxylic acids is 1. The first kappa shape index (κ1) is 10.5. The minimum absolute atomic E-state index is 0.279. The number of nitrogens with two attached hydrogens (primary N) is 1. The molecule has 0 spiro atoms. The molecule has 0 aromatic carbocycles. The average Bonchev–Trinajstić information content (AvgIpc) is 2.68. The van der Waals surface area contributed by atoms with Gasteiger partial charge in [0.1, 0.15) is 11.5 Å². The minimum atomic E-state index is -0.279. The number of hydrogen-bond acceptors (Lipinski definition) is 3. The summed E-state index contributed by atoms with van der Waals surface area (Å²) in [5, 5.41) is 3.14. The van der Waals surface area contributed by atoms with E-state index in [0.717, 1.165) is 0 Å². The Morgan fingerprint density at radius 1 is 1.50 bits per heavy atom. The number of pyridine rings is 1. The van der Waals surface area contributed by atoms with Gasteiger partial charge < -0.3 is 16.0 Å². The van der Waals surface area contributed by atoms with Crippen LogP contribution in [0.25, 0.3) is 0 Å². The van der Waals surface area contributed by atoms with Crippen LogP contribution in [0, 0.1) is 0 Å². The van der Waals surface area contributed by atoms with Crippen LogP contribution in [0.2, 0.25) is 5.02 Å². The van der Waals surface area contributed by atoms with Crippen LogP contribution in [0.3, 0.4) is 0 Å². The zero-order valence-electron chi connectivity index (χ0n) is 8.20. The Labute approximate surface area is 96.6 Å². The summed E-state index contributed by atoms with van der Waals surface area (Å²) in [5.41, 5.74) is 6.39. The Kier molecular flexibility index (Phi) is 2.78. The van der Waals surface area contributed by atoms with E-state index in [0.29, 0.717) is 22.2 Å². The summed E-state index contributed by atoms with van der Waals surface area (Å²) in [7, 11) is 0. The number of aromatic nitrogens is 2. The molecule has 2 aromatic heterocycles. The summed E-state index contributed by atoms with van der Waals surface area (Å²) in [6, 6.07) is 4.82. The molecule has 4 N–H and O–H groups in total. The monoisotopic (exact) mass is 236 g/mol. The van der Waals surface area contributed by atoms with E-state index in [1.807, 2.05) is 0 Å². The molecule has 0 atom stereocenters. The molecule has 0 aliphatic rings. The molecule has 2 rings (SSSR count). The van der Waals surface area contributed by atoms with Gasteiger partial charge >= 0.3 is 0 Å². The van der Waals surface area contributed by atoms with Gasteiger partial charge in [0.15, 0.2) is 0 Å². The molecule has 5 nitrogen and oxygen atoms in total. The highest BCUT2D eigenvalue weighted by Crippen LogP contribution is 2.12. The van der Waals surface area contributed by atoms with Crippen molar-refractivity contribution in [3.05, 3.63) is 41.3 Å². The fourth-order valence-electron chi connectivity index (χ4n) is 1.18. The first-order valence-electron chi connectivity index (χ1n) is 4.52. The lowest BCUT2D eigenvalue weighted by Gasteiger charge is -2.02. The molecule has 0 aliphatic heterocycles. The number of aromatic amines is 1. The molecule has 0 unspecified atom stereocenters. The van der Waals surface area contributed by atoms with Crippen molar-refractivity contribution >= 4 is 29.0 Å². The first-order valence-corrected chi connectivity index (χ1v) is 4.90. The molecule has 0 aliphatic carbocycles. The molecule has 1 amide bonds. The number of nitrogens with one attached hydrogen (secondary N) is 2. The molecule has 6 heteroatoms. The number of nitrogens with zero attached hydrogens (tertiary/aromatic N) is 1. The van der Waals surface area contributed by atoms with Gasteiger partial charge in [0.25, 0.3) is 5.91 Å². The third kappa shape index (κ3) is 2.32. The van der Waals surface area contributed by atoms with Crippen LogP contribution in [0.1, 0.15) is 10.5 Å². The van der Waals surface area contributed by atoms with Crippen LogP contribution in [-0.2, 0) is 0 Å². The first-order chi connectivity index (χ1) is 7.65. The highest BCUT2D eigenvalue weighted by Gasteiger charge is 2.08. The molecular formula is C10H9ClN4O. The van der Waals surface area contributed by atoms with Crippen molar-refractivity contribution in [1.29, 1.82) is 0 Å². The lowest BCUT2D eigenvalue weighted by Crippen LogP contribution is -2.12. The van der Waals surface area contributed by atoms with Gasteiger partial charge in [0.2, 0.25) is 0 Å². The van der Waals surface area contributed by atoms with Crippen LogP contribution < -0.4 is 11.1 Å². The number of H-pyrrole nitrogens is 1. The molecule has 0 saturated heterocycles. The molecule has 16 heavy (non-hydrogen) atoms. The summed E-state index contributed by atoms with van der Waals surface area (Å²) in [5.74, 6) is 0.124. The second kappa shape index (κ2) is 4.24. The second-order valence-corrected chi connectivity index (χ2v) is 3.59. The van der Waals surface area contributed by atoms with E-state index in [1.165, 1.54) is 12.4 Å². The van der Waals surface area contributed by atoms with E-state index in [-0.39, 0.29) is 5.91 Å². The Morgan fingerprint density at radius 3 is 2.88 bits per heavy atom. The largest absolute Gasteiger partial charge is 0.384 e.